The Balaban J connectivity index is 1.58. The minimum Gasteiger partial charge on any atom is -0.492 e. The van der Waals surface area contributed by atoms with Gasteiger partial charge in [-0.2, -0.15) is 0 Å². The number of rotatable bonds is 8. The molecule has 116 valence electrons. The van der Waals surface area contributed by atoms with Crippen LogP contribution >= 0.6 is 0 Å². The van der Waals surface area contributed by atoms with Crippen LogP contribution in [0.25, 0.3) is 0 Å². The molecule has 1 aromatic carbocycles. The highest BCUT2D eigenvalue weighted by Gasteiger charge is 2.13. The molecule has 5 nitrogen and oxygen atoms in total. The van der Waals surface area contributed by atoms with Crippen LogP contribution in [0.1, 0.15) is 37.7 Å². The fraction of sp³-hybridized carbons (Fsp3) is 0.562. The number of benzene rings is 1. The summed E-state index contributed by atoms with van der Waals surface area (Å²) in [6.45, 7) is 2.58. The number of nitrogens with one attached hydrogen (secondary N) is 1. The van der Waals surface area contributed by atoms with E-state index in [1.165, 1.54) is 32.1 Å². The predicted octanol–water partition coefficient (Wildman–Crippen LogP) is 2.33. The van der Waals surface area contributed by atoms with Gasteiger partial charge in [-0.15, -0.1) is 0 Å². The molecule has 0 heterocycles. The van der Waals surface area contributed by atoms with Gasteiger partial charge in [0.15, 0.2) is 5.84 Å². The third-order valence-electron chi connectivity index (χ3n) is 4.01. The van der Waals surface area contributed by atoms with E-state index in [-0.39, 0.29) is 5.84 Å². The highest BCUT2D eigenvalue weighted by Crippen LogP contribution is 2.26. The van der Waals surface area contributed by atoms with Crippen LogP contribution in [-0.4, -0.2) is 30.7 Å². The number of oxime groups is 1. The lowest BCUT2D eigenvalue weighted by atomic mass is 10.0. The van der Waals surface area contributed by atoms with E-state index < -0.39 is 0 Å². The SMILES string of the molecule is NC(=NO)c1ccc(OCCNCCC2CCCC2)cc1. The molecule has 0 aliphatic heterocycles. The molecule has 0 unspecified atom stereocenters. The summed E-state index contributed by atoms with van der Waals surface area (Å²) in [6, 6.07) is 7.20. The van der Waals surface area contributed by atoms with Gasteiger partial charge in [0.1, 0.15) is 12.4 Å². The highest BCUT2D eigenvalue weighted by atomic mass is 16.5. The Hall–Kier alpha value is -1.75. The molecular weight excluding hydrogens is 266 g/mol. The van der Waals surface area contributed by atoms with E-state index >= 15 is 0 Å². The molecule has 0 bridgehead atoms. The zero-order valence-corrected chi connectivity index (χ0v) is 12.4. The summed E-state index contributed by atoms with van der Waals surface area (Å²) in [4.78, 5) is 0. The van der Waals surface area contributed by atoms with Gasteiger partial charge in [0, 0.05) is 12.1 Å². The van der Waals surface area contributed by atoms with Crippen molar-refractivity contribution < 1.29 is 9.94 Å². The van der Waals surface area contributed by atoms with Crippen molar-refractivity contribution in [1.82, 2.24) is 5.32 Å². The second-order valence-corrected chi connectivity index (χ2v) is 5.55. The summed E-state index contributed by atoms with van der Waals surface area (Å²) in [5, 5.41) is 15.0. The van der Waals surface area contributed by atoms with Crippen molar-refractivity contribution in [3.05, 3.63) is 29.8 Å². The van der Waals surface area contributed by atoms with E-state index in [2.05, 4.69) is 10.5 Å². The summed E-state index contributed by atoms with van der Waals surface area (Å²) in [5.41, 5.74) is 6.18. The summed E-state index contributed by atoms with van der Waals surface area (Å²) in [7, 11) is 0. The molecule has 0 spiro atoms. The van der Waals surface area contributed by atoms with E-state index in [1.807, 2.05) is 12.1 Å². The fourth-order valence-electron chi connectivity index (χ4n) is 2.75. The Morgan fingerprint density at radius 1 is 1.24 bits per heavy atom. The first kappa shape index (κ1) is 15.6. The van der Waals surface area contributed by atoms with Crippen molar-refractivity contribution in [1.29, 1.82) is 0 Å². The van der Waals surface area contributed by atoms with E-state index in [0.29, 0.717) is 12.2 Å². The normalized spacial score (nSPS) is 16.3. The Morgan fingerprint density at radius 3 is 2.62 bits per heavy atom. The lowest BCUT2D eigenvalue weighted by Gasteiger charge is -2.10. The molecule has 0 amide bonds. The van der Waals surface area contributed by atoms with Crippen LogP contribution < -0.4 is 15.8 Å². The molecule has 5 heteroatoms. The largest absolute Gasteiger partial charge is 0.492 e. The van der Waals surface area contributed by atoms with Gasteiger partial charge in [-0.25, -0.2) is 0 Å². The predicted molar refractivity (Wildman–Crippen MR) is 83.9 cm³/mol. The maximum Gasteiger partial charge on any atom is 0.170 e. The summed E-state index contributed by atoms with van der Waals surface area (Å²) >= 11 is 0. The summed E-state index contributed by atoms with van der Waals surface area (Å²) in [6.07, 6.45) is 6.93. The smallest absolute Gasteiger partial charge is 0.170 e. The Kier molecular flexibility index (Phi) is 6.34. The summed E-state index contributed by atoms with van der Waals surface area (Å²) < 4.78 is 5.64. The molecule has 0 atom stereocenters. The molecular formula is C16H25N3O2. The molecule has 1 saturated carbocycles. The van der Waals surface area contributed by atoms with Crippen molar-refractivity contribution in [2.24, 2.45) is 16.8 Å². The minimum atomic E-state index is 0.107. The van der Waals surface area contributed by atoms with Gasteiger partial charge < -0.3 is 21.0 Å². The van der Waals surface area contributed by atoms with E-state index in [1.54, 1.807) is 12.1 Å². The van der Waals surface area contributed by atoms with Gasteiger partial charge in [0.25, 0.3) is 0 Å². The van der Waals surface area contributed by atoms with E-state index in [0.717, 1.165) is 24.8 Å². The maximum atomic E-state index is 8.58. The van der Waals surface area contributed by atoms with Crippen LogP contribution in [0.2, 0.25) is 0 Å². The molecule has 0 aromatic heterocycles. The Morgan fingerprint density at radius 2 is 1.95 bits per heavy atom. The molecule has 2 rings (SSSR count). The minimum absolute atomic E-state index is 0.107. The Labute approximate surface area is 126 Å². The lowest BCUT2D eigenvalue weighted by molar-refractivity contribution is 0.311. The van der Waals surface area contributed by atoms with Crippen LogP contribution in [0.3, 0.4) is 0 Å². The quantitative estimate of drug-likeness (QED) is 0.226. The number of hydrogen-bond donors (Lipinski definition) is 3. The third kappa shape index (κ3) is 5.27. The number of nitrogens with zero attached hydrogens (tertiary/aromatic N) is 1. The van der Waals surface area contributed by atoms with Crippen molar-refractivity contribution in [2.75, 3.05) is 19.7 Å². The van der Waals surface area contributed by atoms with E-state index in [4.69, 9.17) is 15.7 Å². The summed E-state index contributed by atoms with van der Waals surface area (Å²) in [5.74, 6) is 1.84. The average Bonchev–Trinajstić information content (AvgIpc) is 3.04. The second-order valence-electron chi connectivity index (χ2n) is 5.55. The molecule has 1 fully saturated rings. The standard InChI is InChI=1S/C16H25N3O2/c17-16(19-20)14-5-7-15(8-6-14)21-12-11-18-10-9-13-3-1-2-4-13/h5-8,13,18,20H,1-4,9-12H2,(H2,17,19). The first-order valence-corrected chi connectivity index (χ1v) is 7.71. The first-order valence-electron chi connectivity index (χ1n) is 7.71. The number of hydrogen-bond acceptors (Lipinski definition) is 4. The van der Waals surface area contributed by atoms with Crippen LogP contribution in [0.5, 0.6) is 5.75 Å². The van der Waals surface area contributed by atoms with Crippen LogP contribution in [0, 0.1) is 5.92 Å². The number of ether oxygens (including phenoxy) is 1. The van der Waals surface area contributed by atoms with Crippen molar-refractivity contribution in [3.63, 3.8) is 0 Å². The van der Waals surface area contributed by atoms with Gasteiger partial charge in [-0.05, 0) is 43.1 Å². The third-order valence-corrected chi connectivity index (χ3v) is 4.01. The number of nitrogens with two attached hydrogens (primary N) is 1. The topological polar surface area (TPSA) is 79.9 Å². The first-order chi connectivity index (χ1) is 10.3. The molecule has 21 heavy (non-hydrogen) atoms. The van der Waals surface area contributed by atoms with Gasteiger partial charge in [-0.3, -0.25) is 0 Å². The molecule has 1 aliphatic carbocycles. The van der Waals surface area contributed by atoms with Gasteiger partial charge in [0.05, 0.1) is 0 Å². The van der Waals surface area contributed by atoms with Crippen molar-refractivity contribution >= 4 is 5.84 Å². The highest BCUT2D eigenvalue weighted by molar-refractivity contribution is 5.97. The lowest BCUT2D eigenvalue weighted by Crippen LogP contribution is -2.23. The van der Waals surface area contributed by atoms with Gasteiger partial charge in [0.2, 0.25) is 0 Å². The monoisotopic (exact) mass is 291 g/mol. The Bertz CT molecular complexity index is 439. The second kappa shape index (κ2) is 8.52. The molecule has 0 radical (unpaired) electrons. The average molecular weight is 291 g/mol. The van der Waals surface area contributed by atoms with E-state index in [9.17, 15) is 0 Å². The molecule has 1 aromatic rings. The maximum absolute atomic E-state index is 8.58. The van der Waals surface area contributed by atoms with Gasteiger partial charge >= 0.3 is 0 Å². The van der Waals surface area contributed by atoms with Crippen LogP contribution in [-0.2, 0) is 0 Å². The fourth-order valence-corrected chi connectivity index (χ4v) is 2.75. The zero-order chi connectivity index (χ0) is 14.9. The van der Waals surface area contributed by atoms with Crippen molar-refractivity contribution in [3.8, 4) is 5.75 Å². The van der Waals surface area contributed by atoms with Crippen LogP contribution in [0.15, 0.2) is 29.4 Å². The van der Waals surface area contributed by atoms with Crippen LogP contribution in [0.4, 0.5) is 0 Å². The molecule has 1 aliphatic rings. The zero-order valence-electron chi connectivity index (χ0n) is 12.4. The van der Waals surface area contributed by atoms with Crippen molar-refractivity contribution in [2.45, 2.75) is 32.1 Å². The molecule has 4 N–H and O–H groups in total. The van der Waals surface area contributed by atoms with Gasteiger partial charge in [-0.1, -0.05) is 30.8 Å². The molecule has 0 saturated heterocycles. The number of amidine groups is 1.